The summed E-state index contributed by atoms with van der Waals surface area (Å²) in [6.07, 6.45) is 6.27. The van der Waals surface area contributed by atoms with Gasteiger partial charge in [-0.15, -0.1) is 11.3 Å². The van der Waals surface area contributed by atoms with Gasteiger partial charge in [-0.3, -0.25) is 4.79 Å². The van der Waals surface area contributed by atoms with Crippen LogP contribution in [0, 0.1) is 0 Å². The molecule has 4 heterocycles. The van der Waals surface area contributed by atoms with Crippen LogP contribution in [0.3, 0.4) is 0 Å². The smallest absolute Gasteiger partial charge is 0.227 e. The average molecular weight is 311 g/mol. The zero-order chi connectivity index (χ0) is 14.9. The first kappa shape index (κ1) is 13.5. The van der Waals surface area contributed by atoms with E-state index in [9.17, 15) is 4.79 Å². The molecule has 1 amide bonds. The van der Waals surface area contributed by atoms with Gasteiger partial charge in [-0.1, -0.05) is 6.07 Å². The van der Waals surface area contributed by atoms with Gasteiger partial charge in [0.2, 0.25) is 5.91 Å². The second kappa shape index (κ2) is 5.57. The Kier molecular flexibility index (Phi) is 3.42. The molecule has 0 aliphatic carbocycles. The Morgan fingerprint density at radius 2 is 2.36 bits per heavy atom. The number of hydrogen-bond donors (Lipinski definition) is 1. The maximum Gasteiger partial charge on any atom is 0.227 e. The lowest BCUT2D eigenvalue weighted by atomic mass is 10.1. The molecule has 1 aliphatic heterocycles. The van der Waals surface area contributed by atoms with Gasteiger partial charge in [0.15, 0.2) is 0 Å². The van der Waals surface area contributed by atoms with Crippen molar-refractivity contribution in [2.45, 2.75) is 25.3 Å². The highest BCUT2D eigenvalue weighted by atomic mass is 32.1. The van der Waals surface area contributed by atoms with Crippen molar-refractivity contribution in [2.75, 3.05) is 6.54 Å². The topological polar surface area (TPSA) is 49.0 Å². The molecule has 4 rings (SSSR count). The van der Waals surface area contributed by atoms with Gasteiger partial charge in [-0.25, -0.2) is 4.98 Å². The lowest BCUT2D eigenvalue weighted by Crippen LogP contribution is -2.31. The quantitative estimate of drug-likeness (QED) is 0.804. The minimum atomic E-state index is 0.209. The maximum absolute atomic E-state index is 12.8. The first-order valence-electron chi connectivity index (χ1n) is 7.57. The molecule has 0 bridgehead atoms. The number of thiophene rings is 1. The highest BCUT2D eigenvalue weighted by molar-refractivity contribution is 7.10. The Bertz CT molecular complexity index is 793. The molecule has 0 radical (unpaired) electrons. The van der Waals surface area contributed by atoms with Gasteiger partial charge < -0.3 is 9.88 Å². The van der Waals surface area contributed by atoms with Crippen molar-refractivity contribution in [2.24, 2.45) is 0 Å². The standard InChI is InChI=1S/C17H17N3OS/c21-16(10-12-11-19-17-13(12)4-1-7-18-17)20-8-2-5-14(20)15-6-3-9-22-15/h1,3-4,6-7,9,11,14H,2,5,8,10H2,(H,18,19). The fourth-order valence-corrected chi connectivity index (χ4v) is 4.14. The Morgan fingerprint density at radius 1 is 1.41 bits per heavy atom. The molecule has 1 N–H and O–H groups in total. The second-order valence-corrected chi connectivity index (χ2v) is 6.63. The fraction of sp³-hybridized carbons (Fsp3) is 0.294. The molecular formula is C17H17N3OS. The Labute approximate surface area is 132 Å². The fourth-order valence-electron chi connectivity index (χ4n) is 3.27. The Morgan fingerprint density at radius 3 is 3.23 bits per heavy atom. The largest absolute Gasteiger partial charge is 0.346 e. The maximum atomic E-state index is 12.8. The molecule has 3 aromatic heterocycles. The van der Waals surface area contributed by atoms with Gasteiger partial charge in [-0.2, -0.15) is 0 Å². The number of aromatic nitrogens is 2. The van der Waals surface area contributed by atoms with Crippen molar-refractivity contribution in [1.29, 1.82) is 0 Å². The molecular weight excluding hydrogens is 294 g/mol. The van der Waals surface area contributed by atoms with Crippen LogP contribution in [0.5, 0.6) is 0 Å². The number of carbonyl (C=O) groups is 1. The number of aromatic amines is 1. The minimum absolute atomic E-state index is 0.209. The number of amides is 1. The molecule has 1 unspecified atom stereocenters. The summed E-state index contributed by atoms with van der Waals surface area (Å²) >= 11 is 1.74. The normalized spacial score (nSPS) is 18.2. The zero-order valence-electron chi connectivity index (χ0n) is 12.2. The van der Waals surface area contributed by atoms with Crippen molar-refractivity contribution in [1.82, 2.24) is 14.9 Å². The third-order valence-corrected chi connectivity index (χ3v) is 5.30. The van der Waals surface area contributed by atoms with E-state index in [2.05, 4.69) is 27.5 Å². The van der Waals surface area contributed by atoms with Crippen LogP contribution in [-0.4, -0.2) is 27.3 Å². The van der Waals surface area contributed by atoms with Gasteiger partial charge in [0.05, 0.1) is 12.5 Å². The summed E-state index contributed by atoms with van der Waals surface area (Å²) in [6.45, 7) is 0.863. The minimum Gasteiger partial charge on any atom is -0.346 e. The number of likely N-dealkylation sites (tertiary alicyclic amines) is 1. The molecule has 4 nitrogen and oxygen atoms in total. The first-order valence-corrected chi connectivity index (χ1v) is 8.45. The van der Waals surface area contributed by atoms with Crippen molar-refractivity contribution in [3.8, 4) is 0 Å². The summed E-state index contributed by atoms with van der Waals surface area (Å²) in [4.78, 5) is 23.5. The van der Waals surface area contributed by atoms with Gasteiger partial charge >= 0.3 is 0 Å². The van der Waals surface area contributed by atoms with E-state index in [1.54, 1.807) is 17.5 Å². The monoisotopic (exact) mass is 311 g/mol. The predicted molar refractivity (Wildman–Crippen MR) is 87.8 cm³/mol. The number of carbonyl (C=O) groups excluding carboxylic acids is 1. The SMILES string of the molecule is O=C(Cc1c[nH]c2ncccc12)N1CCCC1c1cccs1. The summed E-state index contributed by atoms with van der Waals surface area (Å²) in [5.41, 5.74) is 1.88. The van der Waals surface area contributed by atoms with Crippen LogP contribution in [0.25, 0.3) is 11.0 Å². The van der Waals surface area contributed by atoms with E-state index in [-0.39, 0.29) is 11.9 Å². The summed E-state index contributed by atoms with van der Waals surface area (Å²) in [6, 6.07) is 8.38. The van der Waals surface area contributed by atoms with Crippen LogP contribution < -0.4 is 0 Å². The molecule has 112 valence electrons. The summed E-state index contributed by atoms with van der Waals surface area (Å²) in [7, 11) is 0. The van der Waals surface area contributed by atoms with E-state index in [1.807, 2.05) is 23.2 Å². The number of hydrogen-bond acceptors (Lipinski definition) is 3. The highest BCUT2D eigenvalue weighted by Gasteiger charge is 2.30. The third kappa shape index (κ3) is 2.31. The van der Waals surface area contributed by atoms with E-state index in [1.165, 1.54) is 4.88 Å². The van der Waals surface area contributed by atoms with Crippen molar-refractivity contribution in [3.63, 3.8) is 0 Å². The van der Waals surface area contributed by atoms with Gasteiger partial charge in [-0.05, 0) is 42.0 Å². The third-order valence-electron chi connectivity index (χ3n) is 4.32. The predicted octanol–water partition coefficient (Wildman–Crippen LogP) is 3.53. The van der Waals surface area contributed by atoms with Crippen LogP contribution in [-0.2, 0) is 11.2 Å². The number of pyridine rings is 1. The lowest BCUT2D eigenvalue weighted by Gasteiger charge is -2.23. The van der Waals surface area contributed by atoms with Crippen LogP contribution in [0.2, 0.25) is 0 Å². The van der Waals surface area contributed by atoms with Crippen molar-refractivity contribution in [3.05, 3.63) is 52.5 Å². The van der Waals surface area contributed by atoms with E-state index >= 15 is 0 Å². The zero-order valence-corrected chi connectivity index (χ0v) is 13.0. The van der Waals surface area contributed by atoms with Crippen LogP contribution in [0.4, 0.5) is 0 Å². The van der Waals surface area contributed by atoms with E-state index in [0.29, 0.717) is 6.42 Å². The number of nitrogens with zero attached hydrogens (tertiary/aromatic N) is 2. The van der Waals surface area contributed by atoms with Crippen molar-refractivity contribution < 1.29 is 4.79 Å². The van der Waals surface area contributed by atoms with Crippen molar-refractivity contribution >= 4 is 28.3 Å². The number of rotatable bonds is 3. The second-order valence-electron chi connectivity index (χ2n) is 5.65. The summed E-state index contributed by atoms with van der Waals surface area (Å²) in [5, 5.41) is 3.13. The summed E-state index contributed by atoms with van der Waals surface area (Å²) in [5.74, 6) is 0.209. The van der Waals surface area contributed by atoms with Crippen LogP contribution >= 0.6 is 11.3 Å². The number of fused-ring (bicyclic) bond motifs is 1. The van der Waals surface area contributed by atoms with Gasteiger partial charge in [0.25, 0.3) is 0 Å². The highest BCUT2D eigenvalue weighted by Crippen LogP contribution is 2.35. The van der Waals surface area contributed by atoms with Gasteiger partial charge in [0.1, 0.15) is 5.65 Å². The molecule has 0 saturated carbocycles. The molecule has 1 aliphatic rings. The molecule has 22 heavy (non-hydrogen) atoms. The van der Waals surface area contributed by atoms with E-state index < -0.39 is 0 Å². The molecule has 0 spiro atoms. The van der Waals surface area contributed by atoms with Crippen LogP contribution in [0.1, 0.15) is 29.3 Å². The molecule has 1 fully saturated rings. The molecule has 5 heteroatoms. The average Bonchev–Trinajstić information content (AvgIpc) is 3.27. The molecule has 1 atom stereocenters. The summed E-state index contributed by atoms with van der Waals surface area (Å²) < 4.78 is 0. The first-order chi connectivity index (χ1) is 10.8. The molecule has 1 saturated heterocycles. The Balaban J connectivity index is 1.57. The lowest BCUT2D eigenvalue weighted by molar-refractivity contribution is -0.131. The van der Waals surface area contributed by atoms with E-state index in [4.69, 9.17) is 0 Å². The van der Waals surface area contributed by atoms with Crippen LogP contribution in [0.15, 0.2) is 42.0 Å². The van der Waals surface area contributed by atoms with E-state index in [0.717, 1.165) is 36.0 Å². The molecule has 0 aromatic carbocycles. The Hall–Kier alpha value is -2.14. The van der Waals surface area contributed by atoms with Gasteiger partial charge in [0, 0.05) is 29.2 Å². The molecule has 3 aromatic rings. The number of nitrogens with one attached hydrogen (secondary N) is 1. The number of H-pyrrole nitrogens is 1.